The number of anilines is 1. The van der Waals surface area contributed by atoms with Crippen LogP contribution in [0.3, 0.4) is 0 Å². The van der Waals surface area contributed by atoms with Crippen LogP contribution in [-0.2, 0) is 9.84 Å². The van der Waals surface area contributed by atoms with Crippen LogP contribution in [0.5, 0.6) is 5.75 Å². The lowest BCUT2D eigenvalue weighted by Crippen LogP contribution is -2.47. The molecule has 1 aliphatic rings. The predicted octanol–water partition coefficient (Wildman–Crippen LogP) is 2.23. The Labute approximate surface area is 169 Å². The van der Waals surface area contributed by atoms with Crippen LogP contribution in [-0.4, -0.2) is 42.3 Å². The molecular formula is C19H24N4O5S. The maximum absolute atomic E-state index is 12.9. The summed E-state index contributed by atoms with van der Waals surface area (Å²) in [6, 6.07) is 5.09. The fraction of sp³-hybridized carbons (Fsp3) is 0.421. The van der Waals surface area contributed by atoms with E-state index in [9.17, 15) is 13.2 Å². The molecule has 0 aliphatic carbocycles. The number of nitrogens with one attached hydrogen (secondary N) is 2. The van der Waals surface area contributed by atoms with Crippen molar-refractivity contribution in [3.8, 4) is 5.75 Å². The number of carbonyl (C=O) groups excluding carboxylic acids is 1. The van der Waals surface area contributed by atoms with Crippen molar-refractivity contribution in [1.29, 1.82) is 5.41 Å². The number of nitrogens with zero attached hydrogens (tertiary/aromatic N) is 1. The number of ether oxygens (including phenoxy) is 1. The van der Waals surface area contributed by atoms with E-state index < -0.39 is 26.3 Å². The molecule has 156 valence electrons. The quantitative estimate of drug-likeness (QED) is 0.479. The molecule has 1 aromatic carbocycles. The van der Waals surface area contributed by atoms with Gasteiger partial charge in [0.25, 0.3) is 5.91 Å². The predicted molar refractivity (Wildman–Crippen MR) is 108 cm³/mol. The summed E-state index contributed by atoms with van der Waals surface area (Å²) in [6.45, 7) is 4.89. The highest BCUT2D eigenvalue weighted by atomic mass is 32.2. The van der Waals surface area contributed by atoms with Crippen LogP contribution in [0.25, 0.3) is 0 Å². The third kappa shape index (κ3) is 4.12. The summed E-state index contributed by atoms with van der Waals surface area (Å²) in [7, 11) is -3.69. The van der Waals surface area contributed by atoms with Gasteiger partial charge in [-0.25, -0.2) is 13.4 Å². The van der Waals surface area contributed by atoms with Crippen LogP contribution in [0.2, 0.25) is 0 Å². The first-order valence-corrected chi connectivity index (χ1v) is 10.7. The Morgan fingerprint density at radius 3 is 2.76 bits per heavy atom. The summed E-state index contributed by atoms with van der Waals surface area (Å²) >= 11 is 0. The molecule has 0 bridgehead atoms. The molecule has 1 amide bonds. The number of sulfone groups is 1. The Hall–Kier alpha value is -2.88. The number of carbonyl (C=O) groups is 1. The van der Waals surface area contributed by atoms with E-state index in [1.165, 1.54) is 20.1 Å². The monoisotopic (exact) mass is 420 g/mol. The van der Waals surface area contributed by atoms with Crippen LogP contribution in [0.1, 0.15) is 48.1 Å². The minimum Gasteiger partial charge on any atom is -0.493 e. The van der Waals surface area contributed by atoms with E-state index in [2.05, 4.69) is 10.3 Å². The van der Waals surface area contributed by atoms with E-state index >= 15 is 0 Å². The van der Waals surface area contributed by atoms with E-state index in [1.807, 2.05) is 0 Å². The van der Waals surface area contributed by atoms with E-state index in [1.54, 1.807) is 25.1 Å². The van der Waals surface area contributed by atoms with Crippen molar-refractivity contribution in [3.05, 3.63) is 41.6 Å². The third-order valence-corrected chi connectivity index (χ3v) is 7.75. The van der Waals surface area contributed by atoms with Gasteiger partial charge in [-0.2, -0.15) is 0 Å². The van der Waals surface area contributed by atoms with Gasteiger partial charge in [0.15, 0.2) is 21.4 Å². The zero-order valence-corrected chi connectivity index (χ0v) is 17.3. The highest BCUT2D eigenvalue weighted by Crippen LogP contribution is 2.38. The summed E-state index contributed by atoms with van der Waals surface area (Å²) in [4.78, 5) is 16.3. The number of fused-ring (bicyclic) bond motifs is 1. The van der Waals surface area contributed by atoms with Crippen LogP contribution in [0.15, 0.2) is 28.9 Å². The number of amides is 1. The smallest absolute Gasteiger partial charge is 0.277 e. The SMILES string of the molecule is Cc1nc(C(=O)Nc2ccc3c(c2)C(CS(=O)(=O)C(C)(C)C(=N)N)CCO3)co1. The normalized spacial score (nSPS) is 16.6. The number of hydrogen-bond donors (Lipinski definition) is 3. The number of aryl methyl sites for hydroxylation is 1. The van der Waals surface area contributed by atoms with Crippen LogP contribution in [0.4, 0.5) is 5.69 Å². The second-order valence-corrected chi connectivity index (χ2v) is 10.1. The molecule has 29 heavy (non-hydrogen) atoms. The molecule has 1 aromatic heterocycles. The standard InChI is InChI=1S/C19H24N4O5S/c1-11-22-15(9-28-11)17(24)23-13-4-5-16-14(8-13)12(6-7-27-16)10-29(25,26)19(2,3)18(20)21/h4-5,8-9,12H,6-7,10H2,1-3H3,(H3,20,21)(H,23,24). The average molecular weight is 420 g/mol. The highest BCUT2D eigenvalue weighted by Gasteiger charge is 2.40. The number of nitrogens with two attached hydrogens (primary N) is 1. The molecule has 3 rings (SSSR count). The minimum atomic E-state index is -3.69. The van der Waals surface area contributed by atoms with Gasteiger partial charge < -0.3 is 20.2 Å². The first-order valence-electron chi connectivity index (χ1n) is 9.08. The molecular weight excluding hydrogens is 396 g/mol. The first-order chi connectivity index (χ1) is 13.5. The van der Waals surface area contributed by atoms with Gasteiger partial charge in [0.1, 0.15) is 22.6 Å². The Kier molecular flexibility index (Phi) is 5.40. The van der Waals surface area contributed by atoms with Gasteiger partial charge in [-0.15, -0.1) is 0 Å². The molecule has 4 N–H and O–H groups in total. The van der Waals surface area contributed by atoms with Gasteiger partial charge in [-0.3, -0.25) is 10.2 Å². The van der Waals surface area contributed by atoms with Gasteiger partial charge in [-0.1, -0.05) is 0 Å². The minimum absolute atomic E-state index is 0.152. The van der Waals surface area contributed by atoms with Crippen molar-refractivity contribution in [2.75, 3.05) is 17.7 Å². The lowest BCUT2D eigenvalue weighted by atomic mass is 9.94. The number of rotatable bonds is 6. The number of amidine groups is 1. The van der Waals surface area contributed by atoms with E-state index in [-0.39, 0.29) is 17.4 Å². The zero-order valence-electron chi connectivity index (χ0n) is 16.5. The van der Waals surface area contributed by atoms with Crippen molar-refractivity contribution in [2.24, 2.45) is 5.73 Å². The Balaban J connectivity index is 1.86. The second kappa shape index (κ2) is 7.51. The van der Waals surface area contributed by atoms with Crippen molar-refractivity contribution in [3.63, 3.8) is 0 Å². The maximum atomic E-state index is 12.9. The van der Waals surface area contributed by atoms with Crippen molar-refractivity contribution < 1.29 is 22.4 Å². The van der Waals surface area contributed by atoms with E-state index in [4.69, 9.17) is 20.3 Å². The van der Waals surface area contributed by atoms with Crippen LogP contribution in [0, 0.1) is 12.3 Å². The summed E-state index contributed by atoms with van der Waals surface area (Å²) < 4.78 is 35.0. The summed E-state index contributed by atoms with van der Waals surface area (Å²) in [5.41, 5.74) is 6.84. The van der Waals surface area contributed by atoms with Gasteiger partial charge in [-0.05, 0) is 38.5 Å². The molecule has 0 saturated heterocycles. The molecule has 1 aliphatic heterocycles. The molecule has 2 heterocycles. The molecule has 0 fully saturated rings. The molecule has 1 atom stereocenters. The molecule has 2 aromatic rings. The van der Waals surface area contributed by atoms with Crippen molar-refractivity contribution in [1.82, 2.24) is 4.98 Å². The molecule has 10 heteroatoms. The first kappa shape index (κ1) is 20.8. The Bertz CT molecular complexity index is 1060. The Morgan fingerprint density at radius 1 is 1.41 bits per heavy atom. The van der Waals surface area contributed by atoms with Gasteiger partial charge in [0.05, 0.1) is 12.4 Å². The second-order valence-electron chi connectivity index (χ2n) is 7.50. The maximum Gasteiger partial charge on any atom is 0.277 e. The fourth-order valence-corrected chi connectivity index (χ4v) is 4.65. The summed E-state index contributed by atoms with van der Waals surface area (Å²) in [6.07, 6.45) is 1.77. The van der Waals surface area contributed by atoms with E-state index in [0.29, 0.717) is 35.9 Å². The van der Waals surface area contributed by atoms with Crippen LogP contribution >= 0.6 is 0 Å². The van der Waals surface area contributed by atoms with Crippen molar-refractivity contribution in [2.45, 2.75) is 37.9 Å². The number of hydrogen-bond acceptors (Lipinski definition) is 7. The lowest BCUT2D eigenvalue weighted by Gasteiger charge is -2.30. The highest BCUT2D eigenvalue weighted by molar-refractivity contribution is 7.93. The number of benzene rings is 1. The largest absolute Gasteiger partial charge is 0.493 e. The van der Waals surface area contributed by atoms with Gasteiger partial charge in [0.2, 0.25) is 0 Å². The van der Waals surface area contributed by atoms with Gasteiger partial charge >= 0.3 is 0 Å². The van der Waals surface area contributed by atoms with Gasteiger partial charge in [0, 0.05) is 24.1 Å². The topological polar surface area (TPSA) is 148 Å². The van der Waals surface area contributed by atoms with Crippen molar-refractivity contribution >= 4 is 27.3 Å². The molecule has 0 saturated carbocycles. The zero-order chi connectivity index (χ0) is 21.4. The summed E-state index contributed by atoms with van der Waals surface area (Å²) in [5, 5.41) is 10.4. The lowest BCUT2D eigenvalue weighted by molar-refractivity contribution is 0.102. The number of oxazole rings is 1. The fourth-order valence-electron chi connectivity index (χ4n) is 3.02. The summed E-state index contributed by atoms with van der Waals surface area (Å²) in [5.74, 6) is -0.377. The van der Waals surface area contributed by atoms with Crippen LogP contribution < -0.4 is 15.8 Å². The molecule has 0 spiro atoms. The number of aromatic nitrogens is 1. The molecule has 9 nitrogen and oxygen atoms in total. The third-order valence-electron chi connectivity index (χ3n) is 5.13. The molecule has 0 radical (unpaired) electrons. The Morgan fingerprint density at radius 2 is 2.14 bits per heavy atom. The average Bonchev–Trinajstić information content (AvgIpc) is 3.08. The van der Waals surface area contributed by atoms with E-state index in [0.717, 1.165) is 0 Å². The molecule has 1 unspecified atom stereocenters.